The largest absolute Gasteiger partial charge is 0.486 e. The molecule has 0 radical (unpaired) electrons. The Morgan fingerprint density at radius 1 is 1.17 bits per heavy atom. The molecular weight excluding hydrogens is 275 g/mol. The van der Waals surface area contributed by atoms with Crippen LogP contribution >= 0.6 is 23.2 Å². The van der Waals surface area contributed by atoms with Gasteiger partial charge in [-0.25, -0.2) is 0 Å². The first kappa shape index (κ1) is 12.4. The van der Waals surface area contributed by atoms with Gasteiger partial charge in [-0.15, -0.1) is 11.6 Å². The van der Waals surface area contributed by atoms with Crippen LogP contribution < -0.4 is 9.47 Å². The minimum absolute atomic E-state index is 0.0100. The van der Waals surface area contributed by atoms with Crippen molar-refractivity contribution in [2.24, 2.45) is 5.92 Å². The maximum Gasteiger partial charge on any atom is 0.179 e. The molecule has 0 aromatic heterocycles. The molecular formula is C13H14Cl2O3. The summed E-state index contributed by atoms with van der Waals surface area (Å²) < 4.78 is 16.8. The molecule has 0 amide bonds. The van der Waals surface area contributed by atoms with E-state index in [-0.39, 0.29) is 6.10 Å². The number of halogens is 2. The highest BCUT2D eigenvalue weighted by Gasteiger charge is 2.30. The van der Waals surface area contributed by atoms with Crippen LogP contribution in [0.3, 0.4) is 0 Å². The summed E-state index contributed by atoms with van der Waals surface area (Å²) in [6.45, 7) is 1.83. The van der Waals surface area contributed by atoms with Crippen LogP contribution in [-0.2, 0) is 4.74 Å². The lowest BCUT2D eigenvalue weighted by molar-refractivity contribution is 0.0943. The molecule has 0 spiro atoms. The monoisotopic (exact) mass is 288 g/mol. The Hall–Kier alpha value is -0.640. The number of rotatable bonds is 2. The summed E-state index contributed by atoms with van der Waals surface area (Å²) in [5, 5.41) is 0.575. The molecule has 1 saturated heterocycles. The molecule has 2 aliphatic rings. The number of hydrogen-bond acceptors (Lipinski definition) is 3. The molecule has 5 heteroatoms. The molecule has 3 rings (SSSR count). The molecule has 0 N–H and O–H groups in total. The van der Waals surface area contributed by atoms with Crippen LogP contribution in [0.1, 0.15) is 18.1 Å². The molecule has 1 fully saturated rings. The molecule has 3 nitrogen and oxygen atoms in total. The van der Waals surface area contributed by atoms with Gasteiger partial charge in [0.15, 0.2) is 11.5 Å². The lowest BCUT2D eigenvalue weighted by atomic mass is 9.96. The summed E-state index contributed by atoms with van der Waals surface area (Å²) >= 11 is 12.2. The molecule has 2 aliphatic heterocycles. The molecule has 0 bridgehead atoms. The van der Waals surface area contributed by atoms with Crippen molar-refractivity contribution in [1.82, 2.24) is 0 Å². The second kappa shape index (κ2) is 5.16. The van der Waals surface area contributed by atoms with E-state index in [1.165, 1.54) is 0 Å². The fraction of sp³-hybridized carbons (Fsp3) is 0.538. The van der Waals surface area contributed by atoms with E-state index in [2.05, 4.69) is 0 Å². The van der Waals surface area contributed by atoms with Crippen molar-refractivity contribution in [3.63, 3.8) is 0 Å². The third-order valence-electron chi connectivity index (χ3n) is 3.36. The van der Waals surface area contributed by atoms with Gasteiger partial charge in [-0.05, 0) is 24.1 Å². The zero-order valence-corrected chi connectivity index (χ0v) is 11.3. The van der Waals surface area contributed by atoms with Gasteiger partial charge in [0, 0.05) is 18.4 Å². The average Bonchev–Trinajstić information content (AvgIpc) is 2.87. The predicted octanol–water partition coefficient (Wildman–Crippen LogP) is 3.43. The van der Waals surface area contributed by atoms with Gasteiger partial charge in [0.1, 0.15) is 13.2 Å². The fourth-order valence-electron chi connectivity index (χ4n) is 2.46. The van der Waals surface area contributed by atoms with Gasteiger partial charge in [-0.1, -0.05) is 11.6 Å². The van der Waals surface area contributed by atoms with Crippen molar-refractivity contribution in [3.8, 4) is 11.5 Å². The number of ether oxygens (including phenoxy) is 3. The summed E-state index contributed by atoms with van der Waals surface area (Å²) in [6.07, 6.45) is 0.996. The molecule has 18 heavy (non-hydrogen) atoms. The third kappa shape index (κ3) is 2.15. The molecule has 0 saturated carbocycles. The Balaban J connectivity index is 1.95. The Morgan fingerprint density at radius 3 is 2.83 bits per heavy atom. The molecule has 2 atom stereocenters. The summed E-state index contributed by atoms with van der Waals surface area (Å²) in [4.78, 5) is 0. The van der Waals surface area contributed by atoms with Gasteiger partial charge in [0.2, 0.25) is 0 Å². The maximum absolute atomic E-state index is 6.22. The standard InChI is InChI=1S/C13H14Cl2O3/c14-7-8-1-2-17-12(8)9-5-10(15)13-11(6-9)16-3-4-18-13/h5-6,8,12H,1-4,7H2. The minimum Gasteiger partial charge on any atom is -0.486 e. The SMILES string of the molecule is ClCC1CCOC1c1cc(Cl)c2c(c1)OCCO2. The summed E-state index contributed by atoms with van der Waals surface area (Å²) in [5.74, 6) is 2.27. The first-order chi connectivity index (χ1) is 8.79. The minimum atomic E-state index is 0.0100. The maximum atomic E-state index is 6.22. The van der Waals surface area contributed by atoms with E-state index in [0.717, 1.165) is 18.6 Å². The Kier molecular flexibility index (Phi) is 3.55. The topological polar surface area (TPSA) is 27.7 Å². The quantitative estimate of drug-likeness (QED) is 0.781. The van der Waals surface area contributed by atoms with Crippen molar-refractivity contribution < 1.29 is 14.2 Å². The van der Waals surface area contributed by atoms with Gasteiger partial charge < -0.3 is 14.2 Å². The third-order valence-corrected chi connectivity index (χ3v) is 4.04. The van der Waals surface area contributed by atoms with Crippen molar-refractivity contribution in [2.75, 3.05) is 25.7 Å². The second-order valence-corrected chi connectivity index (χ2v) is 5.24. The van der Waals surface area contributed by atoms with Gasteiger partial charge >= 0.3 is 0 Å². The summed E-state index contributed by atoms with van der Waals surface area (Å²) in [5.41, 5.74) is 1.02. The number of benzene rings is 1. The van der Waals surface area contributed by atoms with Crippen LogP contribution in [0.2, 0.25) is 5.02 Å². The van der Waals surface area contributed by atoms with Gasteiger partial charge in [-0.3, -0.25) is 0 Å². The summed E-state index contributed by atoms with van der Waals surface area (Å²) in [6, 6.07) is 3.85. The Bertz CT molecular complexity index is 450. The number of alkyl halides is 1. The van der Waals surface area contributed by atoms with E-state index < -0.39 is 0 Å². The van der Waals surface area contributed by atoms with Crippen molar-refractivity contribution >= 4 is 23.2 Å². The van der Waals surface area contributed by atoms with Crippen LogP contribution in [0.25, 0.3) is 0 Å². The van der Waals surface area contributed by atoms with Crippen molar-refractivity contribution in [3.05, 3.63) is 22.7 Å². The van der Waals surface area contributed by atoms with Gasteiger partial charge in [-0.2, -0.15) is 0 Å². The number of hydrogen-bond donors (Lipinski definition) is 0. The zero-order chi connectivity index (χ0) is 12.5. The highest BCUT2D eigenvalue weighted by molar-refractivity contribution is 6.32. The molecule has 1 aromatic carbocycles. The van der Waals surface area contributed by atoms with E-state index in [0.29, 0.717) is 41.5 Å². The lowest BCUT2D eigenvalue weighted by Crippen LogP contribution is -2.17. The van der Waals surface area contributed by atoms with Crippen LogP contribution in [-0.4, -0.2) is 25.7 Å². The molecule has 2 unspecified atom stereocenters. The van der Waals surface area contributed by atoms with Crippen LogP contribution in [0.5, 0.6) is 11.5 Å². The molecule has 2 heterocycles. The molecule has 1 aromatic rings. The normalized spacial score (nSPS) is 26.3. The first-order valence-corrected chi connectivity index (χ1v) is 6.97. The van der Waals surface area contributed by atoms with Crippen LogP contribution in [0.4, 0.5) is 0 Å². The fourth-order valence-corrected chi connectivity index (χ4v) is 3.05. The highest BCUT2D eigenvalue weighted by Crippen LogP contribution is 2.43. The lowest BCUT2D eigenvalue weighted by Gasteiger charge is -2.23. The van der Waals surface area contributed by atoms with E-state index >= 15 is 0 Å². The van der Waals surface area contributed by atoms with Gasteiger partial charge in [0.05, 0.1) is 11.1 Å². The van der Waals surface area contributed by atoms with Crippen LogP contribution in [0, 0.1) is 5.92 Å². The average molecular weight is 289 g/mol. The predicted molar refractivity (Wildman–Crippen MR) is 70.0 cm³/mol. The molecule has 0 aliphatic carbocycles. The molecule has 98 valence electrons. The van der Waals surface area contributed by atoms with Crippen molar-refractivity contribution in [1.29, 1.82) is 0 Å². The smallest absolute Gasteiger partial charge is 0.179 e. The second-order valence-electron chi connectivity index (χ2n) is 4.52. The van der Waals surface area contributed by atoms with Gasteiger partial charge in [0.25, 0.3) is 0 Å². The van der Waals surface area contributed by atoms with E-state index in [1.807, 2.05) is 12.1 Å². The Labute approximate surface area is 116 Å². The summed E-state index contributed by atoms with van der Waals surface area (Å²) in [7, 11) is 0. The number of fused-ring (bicyclic) bond motifs is 1. The zero-order valence-electron chi connectivity index (χ0n) is 9.83. The van der Waals surface area contributed by atoms with Crippen molar-refractivity contribution in [2.45, 2.75) is 12.5 Å². The van der Waals surface area contributed by atoms with E-state index in [9.17, 15) is 0 Å². The Morgan fingerprint density at radius 2 is 2.00 bits per heavy atom. The first-order valence-electron chi connectivity index (χ1n) is 6.06. The highest BCUT2D eigenvalue weighted by atomic mass is 35.5. The van der Waals surface area contributed by atoms with E-state index in [1.54, 1.807) is 0 Å². The van der Waals surface area contributed by atoms with Crippen LogP contribution in [0.15, 0.2) is 12.1 Å². The van der Waals surface area contributed by atoms with E-state index in [4.69, 9.17) is 37.4 Å².